The third-order valence-corrected chi connectivity index (χ3v) is 4.33. The second-order valence-electron chi connectivity index (χ2n) is 3.88. The van der Waals surface area contributed by atoms with Crippen molar-refractivity contribution in [3.63, 3.8) is 0 Å². The first-order chi connectivity index (χ1) is 6.96. The molecule has 88 valence electrons. The number of hydrogen-bond donors (Lipinski definition) is 1. The van der Waals surface area contributed by atoms with Crippen molar-refractivity contribution in [2.75, 3.05) is 24.7 Å². The Bertz CT molecular complexity index is 325. The highest BCUT2D eigenvalue weighted by Gasteiger charge is 2.30. The van der Waals surface area contributed by atoms with Crippen LogP contribution in [0.1, 0.15) is 19.8 Å². The van der Waals surface area contributed by atoms with Crippen molar-refractivity contribution < 1.29 is 18.3 Å². The molecule has 0 aromatic rings. The molecular weight excluding hydrogens is 218 g/mol. The van der Waals surface area contributed by atoms with E-state index in [1.165, 1.54) is 0 Å². The van der Waals surface area contributed by atoms with Crippen LogP contribution >= 0.6 is 0 Å². The molecule has 1 unspecified atom stereocenters. The largest absolute Gasteiger partial charge is 0.396 e. The van der Waals surface area contributed by atoms with Gasteiger partial charge in [0.2, 0.25) is 5.91 Å². The maximum Gasteiger partial charge on any atom is 0.222 e. The van der Waals surface area contributed by atoms with Gasteiger partial charge in [-0.05, 0) is 13.3 Å². The Morgan fingerprint density at radius 2 is 2.20 bits per heavy atom. The Kier molecular flexibility index (Phi) is 4.10. The quantitative estimate of drug-likeness (QED) is 0.709. The Hall–Kier alpha value is -0.620. The van der Waals surface area contributed by atoms with Crippen molar-refractivity contribution in [1.29, 1.82) is 0 Å². The molecule has 1 fully saturated rings. The summed E-state index contributed by atoms with van der Waals surface area (Å²) in [4.78, 5) is 13.2. The van der Waals surface area contributed by atoms with Crippen LogP contribution in [0.3, 0.4) is 0 Å². The summed E-state index contributed by atoms with van der Waals surface area (Å²) in [6.07, 6.45) is 0.732. The first-order valence-corrected chi connectivity index (χ1v) is 6.89. The normalized spacial score (nSPS) is 25.2. The van der Waals surface area contributed by atoms with Gasteiger partial charge in [-0.2, -0.15) is 0 Å². The average Bonchev–Trinajstić information content (AvgIpc) is 2.12. The summed E-state index contributed by atoms with van der Waals surface area (Å²) in [5, 5.41) is 8.60. The van der Waals surface area contributed by atoms with E-state index in [4.69, 9.17) is 5.11 Å². The lowest BCUT2D eigenvalue weighted by Crippen LogP contribution is -2.49. The van der Waals surface area contributed by atoms with Crippen molar-refractivity contribution >= 4 is 15.7 Å². The van der Waals surface area contributed by atoms with Gasteiger partial charge in [-0.15, -0.1) is 0 Å². The predicted molar refractivity (Wildman–Crippen MR) is 56.1 cm³/mol. The molecule has 1 saturated heterocycles. The zero-order valence-corrected chi connectivity index (χ0v) is 9.66. The number of sulfone groups is 1. The van der Waals surface area contributed by atoms with E-state index in [2.05, 4.69) is 0 Å². The van der Waals surface area contributed by atoms with Crippen molar-refractivity contribution in [2.45, 2.75) is 25.8 Å². The Balaban J connectivity index is 2.54. The fourth-order valence-corrected chi connectivity index (χ4v) is 3.30. The minimum absolute atomic E-state index is 0.00768. The number of aliphatic hydroxyl groups is 1. The van der Waals surface area contributed by atoms with Crippen LogP contribution in [0.4, 0.5) is 0 Å². The second-order valence-corrected chi connectivity index (χ2v) is 6.11. The lowest BCUT2D eigenvalue weighted by Gasteiger charge is -2.33. The summed E-state index contributed by atoms with van der Waals surface area (Å²) in [6.45, 7) is 2.02. The molecule has 0 saturated carbocycles. The number of aliphatic hydroxyl groups excluding tert-OH is 1. The maximum atomic E-state index is 11.6. The fourth-order valence-electron chi connectivity index (χ4n) is 1.74. The van der Waals surface area contributed by atoms with Crippen molar-refractivity contribution in [2.24, 2.45) is 0 Å². The highest BCUT2D eigenvalue weighted by molar-refractivity contribution is 7.91. The molecule has 0 spiro atoms. The van der Waals surface area contributed by atoms with Crippen molar-refractivity contribution in [3.8, 4) is 0 Å². The molecule has 1 N–H and O–H groups in total. The molecule has 1 atom stereocenters. The summed E-state index contributed by atoms with van der Waals surface area (Å²) < 4.78 is 22.5. The van der Waals surface area contributed by atoms with Gasteiger partial charge in [0.15, 0.2) is 9.84 Å². The topological polar surface area (TPSA) is 74.7 Å². The molecule has 1 aliphatic heterocycles. The van der Waals surface area contributed by atoms with Crippen molar-refractivity contribution in [1.82, 2.24) is 4.90 Å². The van der Waals surface area contributed by atoms with E-state index >= 15 is 0 Å². The van der Waals surface area contributed by atoms with Crippen LogP contribution < -0.4 is 0 Å². The van der Waals surface area contributed by atoms with Gasteiger partial charge in [-0.25, -0.2) is 8.42 Å². The number of rotatable bonds is 3. The van der Waals surface area contributed by atoms with Gasteiger partial charge in [0.1, 0.15) is 0 Å². The van der Waals surface area contributed by atoms with Crippen LogP contribution in [0.5, 0.6) is 0 Å². The number of hydrogen-bond acceptors (Lipinski definition) is 4. The molecule has 5 nitrogen and oxygen atoms in total. The molecule has 1 aliphatic rings. The van der Waals surface area contributed by atoms with Crippen LogP contribution in [-0.2, 0) is 14.6 Å². The highest BCUT2D eigenvalue weighted by atomic mass is 32.2. The lowest BCUT2D eigenvalue weighted by molar-refractivity contribution is -0.133. The molecule has 0 aromatic carbocycles. The summed E-state index contributed by atoms with van der Waals surface area (Å²) in [7, 11) is -2.96. The average molecular weight is 235 g/mol. The zero-order valence-electron chi connectivity index (χ0n) is 8.85. The zero-order chi connectivity index (χ0) is 11.5. The van der Waals surface area contributed by atoms with Crippen LogP contribution in [0.2, 0.25) is 0 Å². The first-order valence-electron chi connectivity index (χ1n) is 5.07. The molecule has 1 heterocycles. The first kappa shape index (κ1) is 12.4. The third kappa shape index (κ3) is 3.46. The van der Waals surface area contributed by atoms with Gasteiger partial charge in [0, 0.05) is 25.6 Å². The molecule has 0 radical (unpaired) electrons. The molecule has 0 aromatic heterocycles. The van der Waals surface area contributed by atoms with E-state index in [-0.39, 0.29) is 36.6 Å². The van der Waals surface area contributed by atoms with Gasteiger partial charge >= 0.3 is 0 Å². The third-order valence-electron chi connectivity index (χ3n) is 2.54. The number of carbonyl (C=O) groups is 1. The summed E-state index contributed by atoms with van der Waals surface area (Å²) >= 11 is 0. The minimum atomic E-state index is -2.96. The van der Waals surface area contributed by atoms with E-state index in [0.29, 0.717) is 12.8 Å². The monoisotopic (exact) mass is 235 g/mol. The van der Waals surface area contributed by atoms with E-state index in [1.807, 2.05) is 0 Å². The Morgan fingerprint density at radius 1 is 1.53 bits per heavy atom. The van der Waals surface area contributed by atoms with Gasteiger partial charge in [-0.1, -0.05) is 0 Å². The summed E-state index contributed by atoms with van der Waals surface area (Å²) in [5.74, 6) is 0.0477. The lowest BCUT2D eigenvalue weighted by atomic mass is 10.2. The fraction of sp³-hybridized carbons (Fsp3) is 0.889. The van der Waals surface area contributed by atoms with Crippen LogP contribution in [0, 0.1) is 0 Å². The van der Waals surface area contributed by atoms with Gasteiger partial charge in [0.05, 0.1) is 11.5 Å². The van der Waals surface area contributed by atoms with Crippen LogP contribution in [-0.4, -0.2) is 55.0 Å². The number of amides is 1. The summed E-state index contributed by atoms with van der Waals surface area (Å²) in [5.41, 5.74) is 0. The molecule has 0 bridgehead atoms. The molecular formula is C9H17NO4S. The molecule has 15 heavy (non-hydrogen) atoms. The standard InChI is InChI=1S/C9H17NO4S/c1-8-7-15(13,14)6-4-10(8)9(12)3-2-5-11/h8,11H,2-7H2,1H3. The van der Waals surface area contributed by atoms with Crippen LogP contribution in [0.15, 0.2) is 0 Å². The maximum absolute atomic E-state index is 11.6. The van der Waals surface area contributed by atoms with Crippen molar-refractivity contribution in [3.05, 3.63) is 0 Å². The van der Waals surface area contributed by atoms with E-state index < -0.39 is 9.84 Å². The molecule has 1 rings (SSSR count). The van der Waals surface area contributed by atoms with E-state index in [1.54, 1.807) is 11.8 Å². The minimum Gasteiger partial charge on any atom is -0.396 e. The van der Waals surface area contributed by atoms with Gasteiger partial charge < -0.3 is 10.0 Å². The number of nitrogens with zero attached hydrogens (tertiary/aromatic N) is 1. The predicted octanol–water partition coefficient (Wildman–Crippen LogP) is -0.596. The Morgan fingerprint density at radius 3 is 2.73 bits per heavy atom. The SMILES string of the molecule is CC1CS(=O)(=O)CCN1C(=O)CCCO. The Labute approximate surface area is 90.0 Å². The van der Waals surface area contributed by atoms with Crippen LogP contribution in [0.25, 0.3) is 0 Å². The highest BCUT2D eigenvalue weighted by Crippen LogP contribution is 2.13. The molecule has 0 aliphatic carbocycles. The number of carbonyl (C=O) groups excluding carboxylic acids is 1. The molecule has 1 amide bonds. The van der Waals surface area contributed by atoms with E-state index in [0.717, 1.165) is 0 Å². The summed E-state index contributed by atoms with van der Waals surface area (Å²) in [6, 6.07) is -0.241. The molecule has 6 heteroatoms. The van der Waals surface area contributed by atoms with Gasteiger partial charge in [0.25, 0.3) is 0 Å². The van der Waals surface area contributed by atoms with E-state index in [9.17, 15) is 13.2 Å². The van der Waals surface area contributed by atoms with Gasteiger partial charge in [-0.3, -0.25) is 4.79 Å². The smallest absolute Gasteiger partial charge is 0.222 e. The second kappa shape index (κ2) is 4.94.